The normalized spacial score (nSPS) is 14.7. The molecule has 10 nitrogen and oxygen atoms in total. The molecule has 2 unspecified atom stereocenters. The largest absolute Gasteiger partial charge is 0.496 e. The second-order valence-corrected chi connectivity index (χ2v) is 12.4. The van der Waals surface area contributed by atoms with E-state index in [9.17, 15) is 31.1 Å². The zero-order valence-electron chi connectivity index (χ0n) is 29.2. The number of fused-ring (bicyclic) bond motifs is 2. The van der Waals surface area contributed by atoms with Crippen LogP contribution in [0.15, 0.2) is 72.9 Å². The number of carboxylic acids is 1. The Morgan fingerprint density at radius 3 is 2.26 bits per heavy atom. The number of nitrogens with one attached hydrogen (secondary N) is 2. The van der Waals surface area contributed by atoms with Gasteiger partial charge in [-0.2, -0.15) is 26.3 Å². The van der Waals surface area contributed by atoms with Gasteiger partial charge < -0.3 is 35.1 Å². The fourth-order valence-corrected chi connectivity index (χ4v) is 6.12. The Hall–Kier alpha value is -4.80. The molecule has 0 saturated carbocycles. The van der Waals surface area contributed by atoms with Crippen molar-refractivity contribution in [3.8, 4) is 5.75 Å². The minimum Gasteiger partial charge on any atom is -0.496 e. The van der Waals surface area contributed by atoms with Crippen molar-refractivity contribution in [1.29, 1.82) is 0 Å². The van der Waals surface area contributed by atoms with Gasteiger partial charge >= 0.3 is 18.8 Å². The molecule has 0 fully saturated rings. The third-order valence-corrected chi connectivity index (χ3v) is 8.23. The van der Waals surface area contributed by atoms with Crippen LogP contribution in [0.1, 0.15) is 29.5 Å². The topological polar surface area (TPSA) is 135 Å². The summed E-state index contributed by atoms with van der Waals surface area (Å²) >= 11 is 6.40. The van der Waals surface area contributed by atoms with Crippen molar-refractivity contribution in [2.75, 3.05) is 39.2 Å². The van der Waals surface area contributed by atoms with Crippen molar-refractivity contribution in [2.45, 2.75) is 44.7 Å². The minimum atomic E-state index is -5.08. The summed E-state index contributed by atoms with van der Waals surface area (Å²) in [4.78, 5) is 39.4. The number of anilines is 1. The predicted octanol–water partition coefficient (Wildman–Crippen LogP) is 7.37. The van der Waals surface area contributed by atoms with Crippen molar-refractivity contribution in [1.82, 2.24) is 15.2 Å². The van der Waals surface area contributed by atoms with Gasteiger partial charge in [-0.25, -0.2) is 4.79 Å². The lowest BCUT2D eigenvalue weighted by molar-refractivity contribution is -0.192. The molecule has 3 aromatic carbocycles. The van der Waals surface area contributed by atoms with Gasteiger partial charge in [0.05, 0.1) is 13.2 Å². The highest BCUT2D eigenvalue weighted by molar-refractivity contribution is 6.30. The number of hydrogen-bond donors (Lipinski definition) is 4. The Bertz CT molecular complexity index is 1770. The van der Waals surface area contributed by atoms with Gasteiger partial charge in [-0.15, -0.1) is 0 Å². The number of rotatable bonds is 9. The Balaban J connectivity index is 0.000000595. The van der Waals surface area contributed by atoms with E-state index < -0.39 is 24.9 Å². The molecule has 290 valence electrons. The lowest BCUT2D eigenvalue weighted by Gasteiger charge is -2.39. The second kappa shape index (κ2) is 21.0. The Morgan fingerprint density at radius 1 is 1.09 bits per heavy atom. The first kappa shape index (κ1) is 44.4. The highest BCUT2D eigenvalue weighted by Gasteiger charge is 2.38. The first-order valence-electron chi connectivity index (χ1n) is 15.9. The number of halogens is 7. The number of hydrogen-bond acceptors (Lipinski definition) is 6. The fraction of sp³-hybridized carbons (Fsp3) is 0.361. The third kappa shape index (κ3) is 13.6. The van der Waals surface area contributed by atoms with E-state index in [1.807, 2.05) is 65.7 Å². The molecule has 0 aliphatic carbocycles. The average Bonchev–Trinajstić information content (AvgIpc) is 3.52. The number of methoxy groups -OCH3 is 1. The first-order valence-corrected chi connectivity index (χ1v) is 16.3. The summed E-state index contributed by atoms with van der Waals surface area (Å²) < 4.78 is 66.3. The van der Waals surface area contributed by atoms with E-state index in [1.165, 1.54) is 0 Å². The van der Waals surface area contributed by atoms with Crippen LogP contribution < -0.4 is 15.0 Å². The molecule has 53 heavy (non-hydrogen) atoms. The smallest absolute Gasteiger partial charge is 0.490 e. The second-order valence-electron chi connectivity index (χ2n) is 12.0. The monoisotopic (exact) mass is 774 g/mol. The number of carbonyl (C=O) groups excluding carboxylic acids is 1. The summed E-state index contributed by atoms with van der Waals surface area (Å²) in [5, 5.41) is 19.5. The van der Waals surface area contributed by atoms with Crippen molar-refractivity contribution in [2.24, 2.45) is 5.92 Å². The summed E-state index contributed by atoms with van der Waals surface area (Å²) in [5.74, 6) is -1.66. The molecular formula is C36H41ClF6N4O6. The van der Waals surface area contributed by atoms with Gasteiger partial charge in [0, 0.05) is 58.9 Å². The molecule has 5 rings (SSSR count). The minimum absolute atomic E-state index is 0.0645. The third-order valence-electron chi connectivity index (χ3n) is 8.00. The van der Waals surface area contributed by atoms with E-state index >= 15 is 0 Å². The Labute approximate surface area is 307 Å². The van der Waals surface area contributed by atoms with Crippen LogP contribution in [0.4, 0.5) is 32.0 Å². The molecule has 1 amide bonds. The summed E-state index contributed by atoms with van der Waals surface area (Å²) in [6, 6.07) is 21.6. The number of aromatic nitrogens is 1. The van der Waals surface area contributed by atoms with E-state index in [1.54, 1.807) is 7.11 Å². The number of para-hydroxylation sites is 2. The van der Waals surface area contributed by atoms with E-state index in [2.05, 4.69) is 48.4 Å². The van der Waals surface area contributed by atoms with Crippen LogP contribution in [-0.4, -0.2) is 91.6 Å². The predicted molar refractivity (Wildman–Crippen MR) is 189 cm³/mol. The molecule has 0 saturated heterocycles. The number of H-pyrrole nitrogens is 1. The fourth-order valence-electron chi connectivity index (χ4n) is 5.93. The van der Waals surface area contributed by atoms with Gasteiger partial charge in [-0.05, 0) is 67.9 Å². The lowest BCUT2D eigenvalue weighted by Crippen LogP contribution is -2.52. The molecule has 17 heteroatoms. The van der Waals surface area contributed by atoms with Gasteiger partial charge in [0.15, 0.2) is 0 Å². The molecule has 0 bridgehead atoms. The summed E-state index contributed by atoms with van der Waals surface area (Å²) in [5.41, 5.74) is 5.28. The standard InChI is InChI=1S/C32H37ClN4O2.C2HF3O2.CHF3.CH2O2/c1-21(27-18-34-28-11-7-6-10-26(27)28)31(35-17-23-9-5-8-12-30(23)39-4)32(38)37-20-22(19-36(2)3)15-24-16-25(33)13-14-29(24)37;3-2(4,5)1(6)7;2-1(3)4;2-1-3/h5-14,16,18,21-22,31,34-35H,15,17,19-20H2,1-4H3;(H,6,7);1H;1H,(H,2,3)/t21?,22-,31?;;;/m1.../s1. The van der Waals surface area contributed by atoms with Crippen molar-refractivity contribution in [3.63, 3.8) is 0 Å². The van der Waals surface area contributed by atoms with E-state index in [0.717, 1.165) is 52.0 Å². The maximum Gasteiger partial charge on any atom is 0.490 e. The summed E-state index contributed by atoms with van der Waals surface area (Å²) in [6.45, 7) is 0.291. The molecule has 4 N–H and O–H groups in total. The van der Waals surface area contributed by atoms with Crippen LogP contribution in [0.2, 0.25) is 5.02 Å². The lowest BCUT2D eigenvalue weighted by atomic mass is 9.88. The number of alkyl halides is 6. The van der Waals surface area contributed by atoms with Crippen molar-refractivity contribution in [3.05, 3.63) is 94.6 Å². The highest BCUT2D eigenvalue weighted by atomic mass is 35.5. The van der Waals surface area contributed by atoms with Crippen LogP contribution in [0.5, 0.6) is 5.75 Å². The van der Waals surface area contributed by atoms with Gasteiger partial charge in [0.1, 0.15) is 5.75 Å². The number of aliphatic carboxylic acids is 1. The quantitative estimate of drug-likeness (QED) is 0.102. The number of amides is 1. The van der Waals surface area contributed by atoms with Gasteiger partial charge in [-0.1, -0.05) is 54.9 Å². The van der Waals surface area contributed by atoms with E-state index in [-0.39, 0.29) is 18.3 Å². The first-order chi connectivity index (χ1) is 24.9. The Morgan fingerprint density at radius 2 is 1.68 bits per heavy atom. The van der Waals surface area contributed by atoms with Crippen molar-refractivity contribution < 1.29 is 55.7 Å². The van der Waals surface area contributed by atoms with Crippen LogP contribution in [-0.2, 0) is 27.3 Å². The number of carbonyl (C=O) groups is 3. The molecule has 3 atom stereocenters. The zero-order chi connectivity index (χ0) is 39.9. The highest BCUT2D eigenvalue weighted by Crippen LogP contribution is 2.35. The van der Waals surface area contributed by atoms with Gasteiger partial charge in [0.25, 0.3) is 6.47 Å². The number of benzene rings is 3. The molecule has 1 aliphatic rings. The van der Waals surface area contributed by atoms with Gasteiger partial charge in [-0.3, -0.25) is 9.59 Å². The summed E-state index contributed by atoms with van der Waals surface area (Å²) in [6.07, 6.45) is -2.14. The van der Waals surface area contributed by atoms with Crippen molar-refractivity contribution >= 4 is 46.5 Å². The molecule has 0 radical (unpaired) electrons. The number of aromatic amines is 1. The number of carboxylic acid groups (broad SMARTS) is 2. The number of nitrogens with zero attached hydrogens (tertiary/aromatic N) is 2. The molecule has 0 spiro atoms. The molecule has 1 aromatic heterocycles. The maximum absolute atomic E-state index is 14.6. The SMILES string of the molecule is COc1ccccc1CNC(C(=O)N1C[C@@H](CN(C)C)Cc2cc(Cl)ccc21)C(C)c1c[nH]c2ccccc12.FC(F)F.O=C(O)C(F)(F)F.O=CO. The molecule has 2 heterocycles. The van der Waals surface area contributed by atoms with E-state index in [4.69, 9.17) is 36.1 Å². The molecule has 4 aromatic rings. The zero-order valence-corrected chi connectivity index (χ0v) is 30.0. The molecule has 1 aliphatic heterocycles. The number of ether oxygens (including phenoxy) is 1. The van der Waals surface area contributed by atoms with Crippen LogP contribution >= 0.6 is 11.6 Å². The Kier molecular flexibility index (Phi) is 17.6. The van der Waals surface area contributed by atoms with Gasteiger partial charge in [0.2, 0.25) is 5.91 Å². The van der Waals surface area contributed by atoms with Crippen LogP contribution in [0.25, 0.3) is 10.9 Å². The van der Waals surface area contributed by atoms with Crippen LogP contribution in [0, 0.1) is 5.92 Å². The average molecular weight is 775 g/mol. The summed E-state index contributed by atoms with van der Waals surface area (Å²) in [7, 11) is 5.84. The van der Waals surface area contributed by atoms with E-state index in [0.29, 0.717) is 24.0 Å². The molecular weight excluding hydrogens is 734 g/mol. The maximum atomic E-state index is 14.6. The van der Waals surface area contributed by atoms with Crippen LogP contribution in [0.3, 0.4) is 0 Å².